The number of anilines is 3. The summed E-state index contributed by atoms with van der Waals surface area (Å²) in [7, 11) is -2.80. The smallest absolute Gasteiger partial charge is 0.179 e. The van der Waals surface area contributed by atoms with E-state index in [1.54, 1.807) is 12.1 Å². The first kappa shape index (κ1) is 32.4. The van der Waals surface area contributed by atoms with Crippen LogP contribution in [-0.4, -0.2) is 12.6 Å². The van der Waals surface area contributed by atoms with Gasteiger partial charge < -0.3 is 9.47 Å². The van der Waals surface area contributed by atoms with Crippen molar-refractivity contribution in [1.29, 1.82) is 0 Å². The highest BCUT2D eigenvalue weighted by molar-refractivity contribution is 7.20. The lowest BCUT2D eigenvalue weighted by Gasteiger charge is -2.34. The van der Waals surface area contributed by atoms with E-state index in [9.17, 15) is 4.39 Å². The normalized spacial score (nSPS) is 11.6. The van der Waals surface area contributed by atoms with Gasteiger partial charge in [-0.25, -0.2) is 4.39 Å². The second-order valence-corrected chi connectivity index (χ2v) is 17.4. The molecule has 53 heavy (non-hydrogen) atoms. The molecule has 0 bridgehead atoms. The first-order valence-corrected chi connectivity index (χ1v) is 20.0. The lowest BCUT2D eigenvalue weighted by atomic mass is 10.1. The molecule has 0 atom stereocenters. The van der Waals surface area contributed by atoms with Crippen molar-refractivity contribution in [2.75, 3.05) is 4.90 Å². The van der Waals surface area contributed by atoms with Crippen LogP contribution in [0.15, 0.2) is 206 Å². The molecule has 0 amide bonds. The predicted molar refractivity (Wildman–Crippen MR) is 224 cm³/mol. The van der Waals surface area contributed by atoms with Gasteiger partial charge in [-0.3, -0.25) is 0 Å². The van der Waals surface area contributed by atoms with Crippen molar-refractivity contribution < 1.29 is 4.39 Å². The van der Waals surface area contributed by atoms with Gasteiger partial charge in [0, 0.05) is 33.5 Å². The maximum absolute atomic E-state index is 14.3. The predicted octanol–water partition coefficient (Wildman–Crippen LogP) is 10.1. The molecule has 0 aliphatic heterocycles. The number of halogens is 1. The highest BCUT2D eigenvalue weighted by atomic mass is 28.3. The average Bonchev–Trinajstić information content (AvgIpc) is 3.54. The molecule has 9 aromatic rings. The van der Waals surface area contributed by atoms with Crippen molar-refractivity contribution in [1.82, 2.24) is 4.57 Å². The number of hydrogen-bond donors (Lipinski definition) is 0. The SMILES string of the molecule is Cc1ccc(N(c2ccccc2)c2ccc3c(c2)c2cc([Si](c4ccccc4)(c4ccccc4)c4ccccc4)ccc2n3-c2ccc(F)cc2)cc1. The number of hydrogen-bond acceptors (Lipinski definition) is 1. The molecule has 0 fully saturated rings. The van der Waals surface area contributed by atoms with E-state index < -0.39 is 8.07 Å². The first-order valence-electron chi connectivity index (χ1n) is 18.0. The molecule has 8 aromatic carbocycles. The summed E-state index contributed by atoms with van der Waals surface area (Å²) in [5.74, 6) is -0.250. The molecule has 9 rings (SSSR count). The first-order chi connectivity index (χ1) is 26.1. The van der Waals surface area contributed by atoms with Crippen LogP contribution in [0.5, 0.6) is 0 Å². The highest BCUT2D eigenvalue weighted by Crippen LogP contribution is 2.39. The van der Waals surface area contributed by atoms with Gasteiger partial charge in [0.15, 0.2) is 8.07 Å². The highest BCUT2D eigenvalue weighted by Gasteiger charge is 2.41. The summed E-state index contributed by atoms with van der Waals surface area (Å²) in [6, 6.07) is 73.0. The van der Waals surface area contributed by atoms with Crippen LogP contribution >= 0.6 is 0 Å². The zero-order valence-electron chi connectivity index (χ0n) is 29.4. The van der Waals surface area contributed by atoms with Crippen LogP contribution in [0.25, 0.3) is 27.5 Å². The summed E-state index contributed by atoms with van der Waals surface area (Å²) in [5, 5.41) is 7.57. The van der Waals surface area contributed by atoms with Gasteiger partial charge in [-0.05, 0) is 100 Å². The van der Waals surface area contributed by atoms with Crippen LogP contribution in [-0.2, 0) is 0 Å². The van der Waals surface area contributed by atoms with Gasteiger partial charge in [0.25, 0.3) is 0 Å². The molecule has 0 saturated carbocycles. The number of rotatable bonds is 8. The zero-order valence-corrected chi connectivity index (χ0v) is 30.4. The second kappa shape index (κ2) is 13.6. The molecule has 4 heteroatoms. The lowest BCUT2D eigenvalue weighted by molar-refractivity contribution is 0.627. The van der Waals surface area contributed by atoms with Crippen LogP contribution in [0.4, 0.5) is 21.5 Å². The second-order valence-electron chi connectivity index (χ2n) is 13.6. The Morgan fingerprint density at radius 2 is 0.868 bits per heavy atom. The largest absolute Gasteiger partial charge is 0.310 e. The van der Waals surface area contributed by atoms with Crippen LogP contribution < -0.4 is 25.6 Å². The summed E-state index contributed by atoms with van der Waals surface area (Å²) < 4.78 is 16.6. The minimum Gasteiger partial charge on any atom is -0.310 e. The van der Waals surface area contributed by atoms with Gasteiger partial charge in [-0.2, -0.15) is 0 Å². The van der Waals surface area contributed by atoms with Crippen LogP contribution in [0.2, 0.25) is 0 Å². The van der Waals surface area contributed by atoms with E-state index in [1.807, 2.05) is 12.1 Å². The monoisotopic (exact) mass is 700 g/mol. The fraction of sp³-hybridized carbons (Fsp3) is 0.0204. The topological polar surface area (TPSA) is 8.17 Å². The van der Waals surface area contributed by atoms with Gasteiger partial charge in [-0.15, -0.1) is 0 Å². The van der Waals surface area contributed by atoms with Crippen molar-refractivity contribution in [3.05, 3.63) is 218 Å². The van der Waals surface area contributed by atoms with Crippen molar-refractivity contribution in [2.45, 2.75) is 6.92 Å². The van der Waals surface area contributed by atoms with Gasteiger partial charge >= 0.3 is 0 Å². The van der Waals surface area contributed by atoms with E-state index in [0.717, 1.165) is 44.6 Å². The standard InChI is InChI=1S/C49H37FN2Si/c1-36-22-26-39(27-23-36)51(38-14-6-2-7-15-38)41-30-32-48-46(34-41)47-35-45(31-33-49(47)52(48)40-28-24-37(50)25-29-40)53(42-16-8-3-9-17-42,43-18-10-4-11-19-43)44-20-12-5-13-21-44/h2-35H,1H3. The zero-order chi connectivity index (χ0) is 35.8. The summed E-state index contributed by atoms with van der Waals surface area (Å²) in [4.78, 5) is 2.32. The number of fused-ring (bicyclic) bond motifs is 3. The molecule has 0 spiro atoms. The third-order valence-corrected chi connectivity index (χ3v) is 15.2. The fourth-order valence-electron chi connectivity index (χ4n) is 8.03. The van der Waals surface area contributed by atoms with Crippen molar-refractivity contribution in [3.8, 4) is 5.69 Å². The summed E-state index contributed by atoms with van der Waals surface area (Å²) in [6.07, 6.45) is 0. The lowest BCUT2D eigenvalue weighted by Crippen LogP contribution is -2.74. The van der Waals surface area contributed by atoms with Crippen LogP contribution in [0, 0.1) is 12.7 Å². The third-order valence-electron chi connectivity index (χ3n) is 10.5. The minimum atomic E-state index is -2.80. The average molecular weight is 701 g/mol. The number of nitrogens with zero attached hydrogens (tertiary/aromatic N) is 2. The summed E-state index contributed by atoms with van der Waals surface area (Å²) in [6.45, 7) is 2.12. The van der Waals surface area contributed by atoms with E-state index in [2.05, 4.69) is 198 Å². The molecule has 1 heterocycles. The minimum absolute atomic E-state index is 0.250. The summed E-state index contributed by atoms with van der Waals surface area (Å²) >= 11 is 0. The Balaban J connectivity index is 1.37. The fourth-order valence-corrected chi connectivity index (χ4v) is 12.8. The van der Waals surface area contributed by atoms with Gasteiger partial charge in [0.05, 0.1) is 11.0 Å². The van der Waals surface area contributed by atoms with Crippen molar-refractivity contribution in [2.24, 2.45) is 0 Å². The van der Waals surface area contributed by atoms with Crippen molar-refractivity contribution >= 4 is 67.7 Å². The van der Waals surface area contributed by atoms with Gasteiger partial charge in [0.1, 0.15) is 5.82 Å². The molecule has 254 valence electrons. The summed E-state index contributed by atoms with van der Waals surface area (Å²) in [5.41, 5.74) is 7.52. The van der Waals surface area contributed by atoms with E-state index in [1.165, 1.54) is 26.3 Å². The van der Waals surface area contributed by atoms with Crippen LogP contribution in [0.1, 0.15) is 5.56 Å². The van der Waals surface area contributed by atoms with E-state index in [-0.39, 0.29) is 5.82 Å². The molecule has 1 aromatic heterocycles. The number of aryl methyl sites for hydroxylation is 1. The number of aromatic nitrogens is 1. The molecule has 0 unspecified atom stereocenters. The molecule has 2 nitrogen and oxygen atoms in total. The van der Waals surface area contributed by atoms with Gasteiger partial charge in [0.2, 0.25) is 0 Å². The molecular weight excluding hydrogens is 664 g/mol. The van der Waals surface area contributed by atoms with Crippen LogP contribution in [0.3, 0.4) is 0 Å². The molecule has 0 saturated heterocycles. The quantitative estimate of drug-likeness (QED) is 0.113. The maximum Gasteiger partial charge on any atom is 0.179 e. The van der Waals surface area contributed by atoms with E-state index in [0.29, 0.717) is 0 Å². The Morgan fingerprint density at radius 3 is 1.42 bits per heavy atom. The Hall–Kier alpha value is -6.49. The molecular formula is C49H37FN2Si. The molecule has 0 radical (unpaired) electrons. The third kappa shape index (κ3) is 5.65. The Bertz CT molecular complexity index is 2560. The molecule has 0 aliphatic rings. The van der Waals surface area contributed by atoms with Crippen molar-refractivity contribution in [3.63, 3.8) is 0 Å². The number of para-hydroxylation sites is 1. The Morgan fingerprint density at radius 1 is 0.415 bits per heavy atom. The Labute approximate surface area is 310 Å². The molecule has 0 N–H and O–H groups in total. The Kier molecular flexibility index (Phi) is 8.30. The number of benzene rings is 8. The van der Waals surface area contributed by atoms with E-state index in [4.69, 9.17) is 0 Å². The van der Waals surface area contributed by atoms with E-state index >= 15 is 0 Å². The van der Waals surface area contributed by atoms with Gasteiger partial charge in [-0.1, -0.05) is 139 Å². The maximum atomic E-state index is 14.3. The molecule has 0 aliphatic carbocycles.